The molecule has 2 aliphatic heterocycles. The Morgan fingerprint density at radius 1 is 0.878 bits per heavy atom. The Morgan fingerprint density at radius 3 is 2.22 bits per heavy atom. The zero-order chi connectivity index (χ0) is 29.0. The predicted molar refractivity (Wildman–Crippen MR) is 154 cm³/mol. The Bertz CT molecular complexity index is 1590. The average molecular weight is 600 g/mol. The lowest BCUT2D eigenvalue weighted by molar-refractivity contribution is -0.127. The number of anilines is 1. The number of para-hydroxylation sites is 2. The molecule has 0 spiro atoms. The molecule has 10 nitrogen and oxygen atoms in total. The van der Waals surface area contributed by atoms with Crippen molar-refractivity contribution in [1.82, 2.24) is 9.62 Å². The van der Waals surface area contributed by atoms with Gasteiger partial charge in [0.1, 0.15) is 18.1 Å². The number of ether oxygens (including phenoxy) is 2. The third kappa shape index (κ3) is 6.34. The second kappa shape index (κ2) is 12.1. The minimum absolute atomic E-state index is 0.124. The van der Waals surface area contributed by atoms with Crippen LogP contribution >= 0.6 is 0 Å². The molecule has 12 heteroatoms. The van der Waals surface area contributed by atoms with Crippen LogP contribution in [0.4, 0.5) is 5.69 Å². The van der Waals surface area contributed by atoms with Gasteiger partial charge in [0.15, 0.2) is 6.10 Å². The molecule has 1 N–H and O–H groups in total. The third-order valence-electron chi connectivity index (χ3n) is 7.08. The lowest BCUT2D eigenvalue weighted by Gasteiger charge is -2.34. The molecule has 1 amide bonds. The number of hydrogen-bond acceptors (Lipinski definition) is 7. The van der Waals surface area contributed by atoms with E-state index >= 15 is 0 Å². The maximum absolute atomic E-state index is 13.5. The van der Waals surface area contributed by atoms with Gasteiger partial charge >= 0.3 is 0 Å². The van der Waals surface area contributed by atoms with Gasteiger partial charge in [-0.3, -0.25) is 9.10 Å². The van der Waals surface area contributed by atoms with Crippen molar-refractivity contribution in [2.45, 2.75) is 42.1 Å². The van der Waals surface area contributed by atoms with Crippen LogP contribution in [0.25, 0.3) is 0 Å². The quantitative estimate of drug-likeness (QED) is 0.375. The van der Waals surface area contributed by atoms with Gasteiger partial charge in [-0.25, -0.2) is 16.8 Å². The van der Waals surface area contributed by atoms with E-state index in [0.29, 0.717) is 30.3 Å². The molecule has 3 aromatic rings. The van der Waals surface area contributed by atoms with E-state index in [9.17, 15) is 21.6 Å². The van der Waals surface area contributed by atoms with Crippen molar-refractivity contribution in [2.24, 2.45) is 0 Å². The Morgan fingerprint density at radius 2 is 1.51 bits per heavy atom. The van der Waals surface area contributed by atoms with E-state index in [2.05, 4.69) is 5.32 Å². The number of benzene rings is 3. The van der Waals surface area contributed by atoms with Crippen molar-refractivity contribution in [3.8, 4) is 11.5 Å². The minimum atomic E-state index is -3.94. The fourth-order valence-electron chi connectivity index (χ4n) is 4.82. The van der Waals surface area contributed by atoms with Crippen LogP contribution < -0.4 is 19.1 Å². The molecule has 2 aliphatic rings. The van der Waals surface area contributed by atoms with Crippen molar-refractivity contribution in [3.05, 3.63) is 78.4 Å². The molecule has 0 aromatic heterocycles. The first-order valence-corrected chi connectivity index (χ1v) is 16.4. The number of carbonyl (C=O) groups is 1. The van der Waals surface area contributed by atoms with Crippen LogP contribution in [0.1, 0.15) is 24.8 Å². The fraction of sp³-hybridized carbons (Fsp3) is 0.345. The Hall–Kier alpha value is -3.61. The average Bonchev–Trinajstić information content (AvgIpc) is 2.99. The fourth-order valence-corrected chi connectivity index (χ4v) is 7.82. The highest BCUT2D eigenvalue weighted by atomic mass is 32.2. The van der Waals surface area contributed by atoms with E-state index in [0.717, 1.165) is 24.8 Å². The number of hydrogen-bond donors (Lipinski definition) is 1. The van der Waals surface area contributed by atoms with E-state index in [-0.39, 0.29) is 29.5 Å². The Balaban J connectivity index is 1.18. The summed E-state index contributed by atoms with van der Waals surface area (Å²) in [5.41, 5.74) is 1.30. The Kier molecular flexibility index (Phi) is 8.52. The topological polar surface area (TPSA) is 122 Å². The molecule has 0 aliphatic carbocycles. The summed E-state index contributed by atoms with van der Waals surface area (Å²) in [6.45, 7) is 3.02. The highest BCUT2D eigenvalue weighted by Gasteiger charge is 2.37. The summed E-state index contributed by atoms with van der Waals surface area (Å²) in [4.78, 5) is 13.3. The molecule has 41 heavy (non-hydrogen) atoms. The van der Waals surface area contributed by atoms with Crippen LogP contribution in [0, 0.1) is 6.92 Å². The van der Waals surface area contributed by atoms with Gasteiger partial charge in [0, 0.05) is 13.1 Å². The molecule has 5 rings (SSSR count). The predicted octanol–water partition coefficient (Wildman–Crippen LogP) is 3.32. The number of piperidine rings is 1. The Labute approximate surface area is 241 Å². The number of fused-ring (bicyclic) bond motifs is 1. The van der Waals surface area contributed by atoms with E-state index in [1.807, 2.05) is 6.92 Å². The van der Waals surface area contributed by atoms with Gasteiger partial charge in [-0.2, -0.15) is 4.31 Å². The SMILES string of the molecule is Cc1ccc(S(=O)(=O)N2C[C@@H](C(=O)NCCOc3ccc(S(=O)(=O)N4CCCCC4)cc3)Oc3ccccc32)cc1. The van der Waals surface area contributed by atoms with Gasteiger partial charge in [-0.05, 0) is 68.3 Å². The maximum Gasteiger partial charge on any atom is 0.264 e. The van der Waals surface area contributed by atoms with Crippen molar-refractivity contribution >= 4 is 31.6 Å². The molecule has 0 radical (unpaired) electrons. The van der Waals surface area contributed by atoms with Gasteiger partial charge in [-0.15, -0.1) is 0 Å². The molecule has 0 bridgehead atoms. The van der Waals surface area contributed by atoms with Crippen molar-refractivity contribution in [2.75, 3.05) is 37.1 Å². The summed E-state index contributed by atoms with van der Waals surface area (Å²) in [5.74, 6) is 0.288. The number of sulfonamides is 2. The molecular weight excluding hydrogens is 566 g/mol. The van der Waals surface area contributed by atoms with Gasteiger partial charge in [0.05, 0.1) is 28.6 Å². The van der Waals surface area contributed by atoms with Crippen LogP contribution in [0.15, 0.2) is 82.6 Å². The summed E-state index contributed by atoms with van der Waals surface area (Å²) >= 11 is 0. The number of nitrogens with zero attached hydrogens (tertiary/aromatic N) is 2. The second-order valence-corrected chi connectivity index (χ2v) is 13.8. The van der Waals surface area contributed by atoms with Crippen molar-refractivity contribution in [3.63, 3.8) is 0 Å². The largest absolute Gasteiger partial charge is 0.492 e. The lowest BCUT2D eigenvalue weighted by Crippen LogP contribution is -2.51. The summed E-state index contributed by atoms with van der Waals surface area (Å²) in [7, 11) is -7.46. The molecule has 0 saturated carbocycles. The molecule has 1 fully saturated rings. The summed E-state index contributed by atoms with van der Waals surface area (Å²) in [5, 5.41) is 2.74. The first-order chi connectivity index (χ1) is 19.7. The van der Waals surface area contributed by atoms with Crippen LogP contribution in [0.5, 0.6) is 11.5 Å². The van der Waals surface area contributed by atoms with Crippen LogP contribution in [0.2, 0.25) is 0 Å². The molecule has 218 valence electrons. The molecule has 0 unspecified atom stereocenters. The van der Waals surface area contributed by atoms with Gasteiger partial charge in [-0.1, -0.05) is 36.2 Å². The zero-order valence-corrected chi connectivity index (χ0v) is 24.4. The molecule has 1 saturated heterocycles. The number of aryl methyl sites for hydroxylation is 1. The van der Waals surface area contributed by atoms with Gasteiger partial charge < -0.3 is 14.8 Å². The first-order valence-electron chi connectivity index (χ1n) is 13.5. The molecule has 2 heterocycles. The van der Waals surface area contributed by atoms with E-state index < -0.39 is 32.1 Å². The second-order valence-electron chi connectivity index (χ2n) is 10.00. The summed E-state index contributed by atoms with van der Waals surface area (Å²) < 4.78 is 66.9. The van der Waals surface area contributed by atoms with Crippen molar-refractivity contribution in [1.29, 1.82) is 0 Å². The summed E-state index contributed by atoms with van der Waals surface area (Å²) in [6, 6.07) is 19.5. The standard InChI is InChI=1S/C29H33N3O7S2/c1-22-9-13-25(14-10-22)41(36,37)32-21-28(39-27-8-4-3-7-26(27)32)29(33)30-17-20-38-23-11-15-24(16-12-23)40(34,35)31-18-5-2-6-19-31/h3-4,7-16,28H,2,5-6,17-21H2,1H3,(H,30,33)/t28-/m0/s1. The van der Waals surface area contributed by atoms with Gasteiger partial charge in [0.2, 0.25) is 10.0 Å². The number of nitrogens with one attached hydrogen (secondary N) is 1. The molecular formula is C29H33N3O7S2. The third-order valence-corrected chi connectivity index (χ3v) is 10.8. The van der Waals surface area contributed by atoms with E-state index in [1.165, 1.54) is 20.7 Å². The summed E-state index contributed by atoms with van der Waals surface area (Å²) in [6.07, 6.45) is 1.71. The lowest BCUT2D eigenvalue weighted by atomic mass is 10.2. The smallest absolute Gasteiger partial charge is 0.264 e. The van der Waals surface area contributed by atoms with Crippen LogP contribution in [0.3, 0.4) is 0 Å². The van der Waals surface area contributed by atoms with Crippen molar-refractivity contribution < 1.29 is 31.1 Å². The van der Waals surface area contributed by atoms with E-state index in [1.54, 1.807) is 60.7 Å². The first kappa shape index (κ1) is 28.9. The van der Waals surface area contributed by atoms with E-state index in [4.69, 9.17) is 9.47 Å². The van der Waals surface area contributed by atoms with Crippen LogP contribution in [-0.4, -0.2) is 65.9 Å². The minimum Gasteiger partial charge on any atom is -0.492 e. The molecule has 3 aromatic carbocycles. The zero-order valence-electron chi connectivity index (χ0n) is 22.7. The molecule has 1 atom stereocenters. The maximum atomic E-state index is 13.5. The number of rotatable bonds is 9. The monoisotopic (exact) mass is 599 g/mol. The number of carbonyl (C=O) groups excluding carboxylic acids is 1. The number of amides is 1. The normalized spacial score (nSPS) is 17.8. The van der Waals surface area contributed by atoms with Gasteiger partial charge in [0.25, 0.3) is 15.9 Å². The van der Waals surface area contributed by atoms with Crippen LogP contribution in [-0.2, 0) is 24.8 Å². The highest BCUT2D eigenvalue weighted by molar-refractivity contribution is 7.92. The highest BCUT2D eigenvalue weighted by Crippen LogP contribution is 2.36.